The molecule has 1 aliphatic rings. The monoisotopic (exact) mass is 304 g/mol. The Balaban J connectivity index is 1.83. The van der Waals surface area contributed by atoms with Crippen molar-refractivity contribution in [3.8, 4) is 17.1 Å². The molecule has 0 saturated heterocycles. The second-order valence-corrected chi connectivity index (χ2v) is 5.44. The van der Waals surface area contributed by atoms with Gasteiger partial charge in [-0.15, -0.1) is 0 Å². The van der Waals surface area contributed by atoms with E-state index in [9.17, 15) is 8.78 Å². The van der Waals surface area contributed by atoms with Gasteiger partial charge in [0, 0.05) is 13.0 Å². The zero-order chi connectivity index (χ0) is 15.3. The summed E-state index contributed by atoms with van der Waals surface area (Å²) in [5.74, 6) is 1.10. The summed E-state index contributed by atoms with van der Waals surface area (Å²) in [6, 6.07) is 6.64. The molecule has 1 fully saturated rings. The second-order valence-electron chi connectivity index (χ2n) is 5.44. The summed E-state index contributed by atoms with van der Waals surface area (Å²) in [6.45, 7) is -2.87. The summed E-state index contributed by atoms with van der Waals surface area (Å²) < 4.78 is 31.4. The normalized spacial score (nSPS) is 14.9. The smallest absolute Gasteiger partial charge is 0.387 e. The summed E-state index contributed by atoms with van der Waals surface area (Å²) in [7, 11) is 1.83. The molecule has 2 aromatic heterocycles. The summed E-state index contributed by atoms with van der Waals surface area (Å²) in [4.78, 5) is 7.72. The molecule has 1 aliphatic carbocycles. The van der Waals surface area contributed by atoms with Crippen LogP contribution in [0.15, 0.2) is 24.3 Å². The Morgan fingerprint density at radius 1 is 1.32 bits per heavy atom. The number of alkyl halides is 2. The van der Waals surface area contributed by atoms with Crippen LogP contribution in [0.4, 0.5) is 8.78 Å². The number of halogens is 2. The van der Waals surface area contributed by atoms with Crippen molar-refractivity contribution in [2.75, 3.05) is 0 Å². The van der Waals surface area contributed by atoms with Crippen LogP contribution in [0, 0.1) is 0 Å². The van der Waals surface area contributed by atoms with Crippen molar-refractivity contribution in [1.82, 2.24) is 19.7 Å². The van der Waals surface area contributed by atoms with Crippen molar-refractivity contribution < 1.29 is 13.5 Å². The van der Waals surface area contributed by atoms with Gasteiger partial charge in [-0.05, 0) is 25.0 Å². The quantitative estimate of drug-likeness (QED) is 0.803. The molecule has 0 spiro atoms. The van der Waals surface area contributed by atoms with E-state index in [0.29, 0.717) is 17.3 Å². The molecule has 22 heavy (non-hydrogen) atoms. The maximum atomic E-state index is 12.5. The fourth-order valence-corrected chi connectivity index (χ4v) is 2.67. The van der Waals surface area contributed by atoms with Crippen molar-refractivity contribution in [2.24, 2.45) is 7.05 Å². The molecule has 1 saturated carbocycles. The van der Waals surface area contributed by atoms with Crippen LogP contribution >= 0.6 is 0 Å². The third-order valence-corrected chi connectivity index (χ3v) is 3.83. The number of aromatic nitrogens is 4. The van der Waals surface area contributed by atoms with Gasteiger partial charge in [0.1, 0.15) is 17.1 Å². The molecule has 0 amide bonds. The topological polar surface area (TPSA) is 55.7 Å². The minimum Gasteiger partial charge on any atom is -0.434 e. The van der Waals surface area contributed by atoms with E-state index >= 15 is 0 Å². The van der Waals surface area contributed by atoms with Gasteiger partial charge in [0.25, 0.3) is 0 Å². The van der Waals surface area contributed by atoms with Crippen LogP contribution < -0.4 is 4.74 Å². The fourth-order valence-electron chi connectivity index (χ4n) is 2.67. The zero-order valence-corrected chi connectivity index (χ0v) is 11.9. The zero-order valence-electron chi connectivity index (χ0n) is 11.9. The summed E-state index contributed by atoms with van der Waals surface area (Å²) in [6.07, 6.45) is 2.26. The first-order valence-electron chi connectivity index (χ1n) is 7.10. The SMILES string of the molecule is Cn1nc(C2CC2)c2[nH]c(-c3ccccc3OC(F)F)nc21. The molecule has 114 valence electrons. The minimum atomic E-state index is -2.87. The van der Waals surface area contributed by atoms with Crippen LogP contribution in [-0.4, -0.2) is 26.4 Å². The Hall–Kier alpha value is -2.44. The first kappa shape index (κ1) is 13.2. The van der Waals surface area contributed by atoms with Gasteiger partial charge < -0.3 is 9.72 Å². The molecule has 5 nitrogen and oxygen atoms in total. The van der Waals surface area contributed by atoms with Crippen LogP contribution in [0.5, 0.6) is 5.75 Å². The predicted octanol–water partition coefficient (Wildman–Crippen LogP) is 3.44. The van der Waals surface area contributed by atoms with Gasteiger partial charge in [0.2, 0.25) is 0 Å². The number of para-hydroxylation sites is 1. The lowest BCUT2D eigenvalue weighted by Gasteiger charge is -2.08. The van der Waals surface area contributed by atoms with E-state index in [2.05, 4.69) is 19.8 Å². The summed E-state index contributed by atoms with van der Waals surface area (Å²) in [5, 5.41) is 4.49. The van der Waals surface area contributed by atoms with Gasteiger partial charge in [0.15, 0.2) is 5.65 Å². The minimum absolute atomic E-state index is 0.109. The maximum Gasteiger partial charge on any atom is 0.387 e. The third kappa shape index (κ3) is 2.13. The molecule has 7 heteroatoms. The van der Waals surface area contributed by atoms with E-state index in [4.69, 9.17) is 0 Å². The molecule has 4 rings (SSSR count). The van der Waals surface area contributed by atoms with E-state index < -0.39 is 6.61 Å². The van der Waals surface area contributed by atoms with E-state index in [1.165, 1.54) is 6.07 Å². The molecule has 1 N–H and O–H groups in total. The van der Waals surface area contributed by atoms with Gasteiger partial charge in [-0.25, -0.2) is 9.67 Å². The Morgan fingerprint density at radius 2 is 2.09 bits per heavy atom. The van der Waals surface area contributed by atoms with Crippen molar-refractivity contribution in [2.45, 2.75) is 25.4 Å². The number of rotatable bonds is 4. The number of ether oxygens (including phenoxy) is 1. The van der Waals surface area contributed by atoms with E-state index in [0.717, 1.165) is 29.7 Å². The number of fused-ring (bicyclic) bond motifs is 1. The lowest BCUT2D eigenvalue weighted by atomic mass is 10.2. The van der Waals surface area contributed by atoms with Crippen molar-refractivity contribution >= 4 is 11.2 Å². The number of H-pyrrole nitrogens is 1. The number of hydrogen-bond acceptors (Lipinski definition) is 3. The summed E-state index contributed by atoms with van der Waals surface area (Å²) >= 11 is 0. The third-order valence-electron chi connectivity index (χ3n) is 3.83. The Morgan fingerprint density at radius 3 is 2.82 bits per heavy atom. The molecule has 0 radical (unpaired) electrons. The van der Waals surface area contributed by atoms with E-state index in [1.807, 2.05) is 7.05 Å². The average molecular weight is 304 g/mol. The highest BCUT2D eigenvalue weighted by molar-refractivity contribution is 5.81. The van der Waals surface area contributed by atoms with Crippen molar-refractivity contribution in [1.29, 1.82) is 0 Å². The number of benzene rings is 1. The summed E-state index contributed by atoms with van der Waals surface area (Å²) in [5.41, 5.74) is 3.12. The van der Waals surface area contributed by atoms with Crippen LogP contribution in [0.1, 0.15) is 24.5 Å². The van der Waals surface area contributed by atoms with Gasteiger partial charge in [0.05, 0.1) is 11.3 Å². The van der Waals surface area contributed by atoms with Crippen LogP contribution in [0.25, 0.3) is 22.6 Å². The predicted molar refractivity (Wildman–Crippen MR) is 76.9 cm³/mol. The lowest BCUT2D eigenvalue weighted by Crippen LogP contribution is -2.03. The second kappa shape index (κ2) is 4.79. The van der Waals surface area contributed by atoms with E-state index in [1.54, 1.807) is 22.9 Å². The van der Waals surface area contributed by atoms with Crippen molar-refractivity contribution in [3.63, 3.8) is 0 Å². The van der Waals surface area contributed by atoms with Gasteiger partial charge in [-0.1, -0.05) is 12.1 Å². The lowest BCUT2D eigenvalue weighted by molar-refractivity contribution is -0.0494. The number of aryl methyl sites for hydroxylation is 1. The molecular formula is C15H14F2N4O. The van der Waals surface area contributed by atoms with Gasteiger partial charge in [-0.3, -0.25) is 0 Å². The molecule has 2 heterocycles. The first-order valence-corrected chi connectivity index (χ1v) is 7.10. The highest BCUT2D eigenvalue weighted by Gasteiger charge is 2.30. The molecule has 3 aromatic rings. The highest BCUT2D eigenvalue weighted by Crippen LogP contribution is 2.42. The first-order chi connectivity index (χ1) is 10.6. The number of nitrogens with zero attached hydrogens (tertiary/aromatic N) is 3. The van der Waals surface area contributed by atoms with Crippen LogP contribution in [0.2, 0.25) is 0 Å². The Kier molecular flexibility index (Phi) is 2.88. The standard InChI is InChI=1S/C15H14F2N4O/c1-21-14-12(11(20-21)8-6-7-8)18-13(19-14)9-4-2-3-5-10(9)22-15(16)17/h2-5,8,15H,6-7H2,1H3,(H,18,19). The molecular weight excluding hydrogens is 290 g/mol. The Labute approximate surface area is 124 Å². The average Bonchev–Trinajstić information content (AvgIpc) is 3.15. The Bertz CT molecular complexity index is 835. The highest BCUT2D eigenvalue weighted by atomic mass is 19.3. The fraction of sp³-hybridized carbons (Fsp3) is 0.333. The number of aromatic amines is 1. The van der Waals surface area contributed by atoms with E-state index in [-0.39, 0.29) is 5.75 Å². The van der Waals surface area contributed by atoms with Crippen LogP contribution in [0.3, 0.4) is 0 Å². The molecule has 0 atom stereocenters. The van der Waals surface area contributed by atoms with Gasteiger partial charge in [-0.2, -0.15) is 13.9 Å². The molecule has 1 aromatic carbocycles. The molecule has 0 unspecified atom stereocenters. The molecule has 0 aliphatic heterocycles. The van der Waals surface area contributed by atoms with Crippen molar-refractivity contribution in [3.05, 3.63) is 30.0 Å². The maximum absolute atomic E-state index is 12.5. The van der Waals surface area contributed by atoms with Gasteiger partial charge >= 0.3 is 6.61 Å². The number of nitrogens with one attached hydrogen (secondary N) is 1. The number of hydrogen-bond donors (Lipinski definition) is 1. The largest absolute Gasteiger partial charge is 0.434 e. The van der Waals surface area contributed by atoms with Crippen LogP contribution in [-0.2, 0) is 7.05 Å². The number of imidazole rings is 1. The molecule has 0 bridgehead atoms.